The summed E-state index contributed by atoms with van der Waals surface area (Å²) in [6.07, 6.45) is 5.26. The molecule has 2 aromatic rings. The zero-order valence-corrected chi connectivity index (χ0v) is 12.4. The number of carbonyl (C=O) groups is 1. The van der Waals surface area contributed by atoms with E-state index in [0.29, 0.717) is 18.9 Å². The summed E-state index contributed by atoms with van der Waals surface area (Å²) in [5.41, 5.74) is -1.43. The fraction of sp³-hybridized carbons (Fsp3) is 0.312. The lowest BCUT2D eigenvalue weighted by Gasteiger charge is -2.39. The number of halogens is 1. The molecule has 23 heavy (non-hydrogen) atoms. The zero-order chi connectivity index (χ0) is 16.3. The minimum Gasteiger partial charge on any atom is -0.478 e. The number of ether oxygens (including phenoxy) is 1. The Morgan fingerprint density at radius 2 is 2.00 bits per heavy atom. The van der Waals surface area contributed by atoms with Crippen molar-refractivity contribution in [3.63, 3.8) is 0 Å². The minimum atomic E-state index is -1.43. The average Bonchev–Trinajstić information content (AvgIpc) is 2.58. The van der Waals surface area contributed by atoms with E-state index in [1.807, 2.05) is 4.90 Å². The number of carboxylic acid groups (broad SMARTS) is 1. The van der Waals surface area contributed by atoms with Crippen LogP contribution in [0.4, 0.5) is 10.2 Å². The molecule has 1 saturated heterocycles. The molecule has 1 aliphatic heterocycles. The normalized spacial score (nSPS) is 16.8. The minimum absolute atomic E-state index is 0.0390. The summed E-state index contributed by atoms with van der Waals surface area (Å²) >= 11 is 0. The molecule has 0 bridgehead atoms. The Kier molecular flexibility index (Phi) is 4.10. The average molecular weight is 317 g/mol. The van der Waals surface area contributed by atoms with Gasteiger partial charge in [-0.15, -0.1) is 0 Å². The quantitative estimate of drug-likeness (QED) is 0.931. The molecule has 6 nitrogen and oxygen atoms in total. The number of para-hydroxylation sites is 1. The molecular weight excluding hydrogens is 301 g/mol. The highest BCUT2D eigenvalue weighted by molar-refractivity contribution is 5.78. The summed E-state index contributed by atoms with van der Waals surface area (Å²) in [6, 6.07) is 5.84. The topological polar surface area (TPSA) is 75.6 Å². The molecule has 0 unspecified atom stereocenters. The summed E-state index contributed by atoms with van der Waals surface area (Å²) in [5, 5.41) is 9.60. The predicted octanol–water partition coefficient (Wildman–Crippen LogP) is 2.12. The van der Waals surface area contributed by atoms with Crippen molar-refractivity contribution >= 4 is 11.8 Å². The van der Waals surface area contributed by atoms with Gasteiger partial charge in [0, 0.05) is 38.3 Å². The number of benzene rings is 1. The van der Waals surface area contributed by atoms with Crippen LogP contribution in [0.2, 0.25) is 0 Å². The van der Waals surface area contributed by atoms with E-state index < -0.39 is 17.4 Å². The van der Waals surface area contributed by atoms with Gasteiger partial charge in [0.25, 0.3) is 0 Å². The molecule has 1 aromatic carbocycles. The van der Waals surface area contributed by atoms with Gasteiger partial charge >= 0.3 is 5.97 Å². The molecule has 0 saturated carbocycles. The van der Waals surface area contributed by atoms with E-state index in [-0.39, 0.29) is 18.6 Å². The Balaban J connectivity index is 1.77. The standard InChI is InChI=1S/C16H16FN3O3/c17-12-3-1-2-4-13(12)23-16(15(21)22)5-9-20(10-6-16)14-11-18-7-8-19-14/h1-4,7-8,11H,5-6,9-10H2,(H,21,22). The Labute approximate surface area is 132 Å². The van der Waals surface area contributed by atoms with Gasteiger partial charge in [-0.25, -0.2) is 14.2 Å². The molecule has 0 spiro atoms. The van der Waals surface area contributed by atoms with Crippen molar-refractivity contribution in [2.75, 3.05) is 18.0 Å². The van der Waals surface area contributed by atoms with Crippen molar-refractivity contribution in [3.8, 4) is 5.75 Å². The van der Waals surface area contributed by atoms with Crippen LogP contribution in [-0.2, 0) is 4.79 Å². The van der Waals surface area contributed by atoms with E-state index in [4.69, 9.17) is 4.74 Å². The third kappa shape index (κ3) is 3.08. The molecular formula is C16H16FN3O3. The monoisotopic (exact) mass is 317 g/mol. The first-order valence-corrected chi connectivity index (χ1v) is 7.29. The van der Waals surface area contributed by atoms with Crippen molar-refractivity contribution in [2.24, 2.45) is 0 Å². The smallest absolute Gasteiger partial charge is 0.348 e. The Hall–Kier alpha value is -2.70. The maximum absolute atomic E-state index is 13.8. The SMILES string of the molecule is O=C(O)C1(Oc2ccccc2F)CCN(c2cnccn2)CC1. The molecule has 1 fully saturated rings. The first-order valence-electron chi connectivity index (χ1n) is 7.29. The van der Waals surface area contributed by atoms with E-state index in [9.17, 15) is 14.3 Å². The molecule has 120 valence electrons. The van der Waals surface area contributed by atoms with Gasteiger partial charge in [0.05, 0.1) is 6.20 Å². The van der Waals surface area contributed by atoms with Crippen LogP contribution in [0.5, 0.6) is 5.75 Å². The number of hydrogen-bond donors (Lipinski definition) is 1. The van der Waals surface area contributed by atoms with Crippen LogP contribution < -0.4 is 9.64 Å². The Morgan fingerprint density at radius 3 is 2.61 bits per heavy atom. The molecule has 0 atom stereocenters. The van der Waals surface area contributed by atoms with E-state index in [1.54, 1.807) is 24.7 Å². The summed E-state index contributed by atoms with van der Waals surface area (Å²) in [7, 11) is 0. The number of anilines is 1. The Bertz CT molecular complexity index is 688. The van der Waals surface area contributed by atoms with E-state index in [0.717, 1.165) is 0 Å². The second-order valence-electron chi connectivity index (χ2n) is 5.38. The highest BCUT2D eigenvalue weighted by Gasteiger charge is 2.44. The van der Waals surface area contributed by atoms with Gasteiger partial charge < -0.3 is 14.7 Å². The van der Waals surface area contributed by atoms with Crippen molar-refractivity contribution in [3.05, 3.63) is 48.7 Å². The number of aromatic nitrogens is 2. The molecule has 3 rings (SSSR count). The first-order chi connectivity index (χ1) is 11.1. The largest absolute Gasteiger partial charge is 0.478 e. The second-order valence-corrected chi connectivity index (χ2v) is 5.38. The van der Waals surface area contributed by atoms with E-state index in [2.05, 4.69) is 9.97 Å². The number of piperidine rings is 1. The van der Waals surface area contributed by atoms with Gasteiger partial charge in [-0.3, -0.25) is 4.98 Å². The van der Waals surface area contributed by atoms with Gasteiger partial charge in [-0.1, -0.05) is 12.1 Å². The van der Waals surface area contributed by atoms with Crippen molar-refractivity contribution < 1.29 is 19.0 Å². The number of aliphatic carboxylic acids is 1. The van der Waals surface area contributed by atoms with Gasteiger partial charge in [-0.05, 0) is 12.1 Å². The third-order valence-electron chi connectivity index (χ3n) is 3.98. The van der Waals surface area contributed by atoms with Crippen LogP contribution in [0, 0.1) is 5.82 Å². The molecule has 1 aliphatic rings. The molecule has 0 radical (unpaired) electrons. The van der Waals surface area contributed by atoms with Crippen molar-refractivity contribution in [1.82, 2.24) is 9.97 Å². The highest BCUT2D eigenvalue weighted by atomic mass is 19.1. The summed E-state index contributed by atoms with van der Waals surface area (Å²) in [5.74, 6) is -0.996. The molecule has 0 aliphatic carbocycles. The number of hydrogen-bond acceptors (Lipinski definition) is 5. The lowest BCUT2D eigenvalue weighted by atomic mass is 9.91. The van der Waals surface area contributed by atoms with Crippen LogP contribution >= 0.6 is 0 Å². The lowest BCUT2D eigenvalue weighted by Crippen LogP contribution is -2.53. The van der Waals surface area contributed by atoms with Crippen LogP contribution in [0.3, 0.4) is 0 Å². The molecule has 7 heteroatoms. The Morgan fingerprint density at radius 1 is 1.26 bits per heavy atom. The van der Waals surface area contributed by atoms with E-state index >= 15 is 0 Å². The summed E-state index contributed by atoms with van der Waals surface area (Å²) in [6.45, 7) is 0.888. The van der Waals surface area contributed by atoms with Gasteiger partial charge in [0.15, 0.2) is 11.6 Å². The third-order valence-corrected chi connectivity index (χ3v) is 3.98. The fourth-order valence-electron chi connectivity index (χ4n) is 2.65. The first kappa shape index (κ1) is 15.2. The van der Waals surface area contributed by atoms with Gasteiger partial charge in [0.1, 0.15) is 5.82 Å². The van der Waals surface area contributed by atoms with Gasteiger partial charge in [0.2, 0.25) is 5.60 Å². The van der Waals surface area contributed by atoms with Crippen LogP contribution in [0.1, 0.15) is 12.8 Å². The maximum Gasteiger partial charge on any atom is 0.348 e. The highest BCUT2D eigenvalue weighted by Crippen LogP contribution is 2.31. The second kappa shape index (κ2) is 6.20. The molecule has 1 aromatic heterocycles. The van der Waals surface area contributed by atoms with Gasteiger partial charge in [-0.2, -0.15) is 0 Å². The number of nitrogens with zero attached hydrogens (tertiary/aromatic N) is 3. The van der Waals surface area contributed by atoms with Crippen LogP contribution in [-0.4, -0.2) is 39.7 Å². The number of rotatable bonds is 4. The zero-order valence-electron chi connectivity index (χ0n) is 12.4. The molecule has 2 heterocycles. The molecule has 0 amide bonds. The van der Waals surface area contributed by atoms with Crippen LogP contribution in [0.25, 0.3) is 0 Å². The van der Waals surface area contributed by atoms with Crippen LogP contribution in [0.15, 0.2) is 42.9 Å². The lowest BCUT2D eigenvalue weighted by molar-refractivity contribution is -0.157. The summed E-state index contributed by atoms with van der Waals surface area (Å²) < 4.78 is 19.4. The maximum atomic E-state index is 13.8. The van der Waals surface area contributed by atoms with Crippen molar-refractivity contribution in [2.45, 2.75) is 18.4 Å². The van der Waals surface area contributed by atoms with Crippen molar-refractivity contribution in [1.29, 1.82) is 0 Å². The molecule has 1 N–H and O–H groups in total. The predicted molar refractivity (Wildman–Crippen MR) is 80.9 cm³/mol. The summed E-state index contributed by atoms with van der Waals surface area (Å²) in [4.78, 5) is 21.9. The fourth-order valence-corrected chi connectivity index (χ4v) is 2.65. The number of carboxylic acids is 1. The van der Waals surface area contributed by atoms with E-state index in [1.165, 1.54) is 18.2 Å².